The number of fused-ring (bicyclic) bond motifs is 1. The van der Waals surface area contributed by atoms with E-state index in [1.807, 2.05) is 0 Å². The van der Waals surface area contributed by atoms with Gasteiger partial charge in [0.05, 0.1) is 5.69 Å². The Morgan fingerprint density at radius 1 is 1.30 bits per heavy atom. The highest BCUT2D eigenvalue weighted by Gasteiger charge is 2.26. The molecular formula is C17H23N3. The Balaban J connectivity index is 2.02. The van der Waals surface area contributed by atoms with Crippen molar-refractivity contribution in [1.82, 2.24) is 9.78 Å². The van der Waals surface area contributed by atoms with Crippen LogP contribution in [0.15, 0.2) is 30.3 Å². The maximum atomic E-state index is 6.36. The van der Waals surface area contributed by atoms with Crippen LogP contribution in [0.5, 0.6) is 0 Å². The third-order valence-electron chi connectivity index (χ3n) is 4.13. The summed E-state index contributed by atoms with van der Waals surface area (Å²) < 4.78 is 2.19. The van der Waals surface area contributed by atoms with Gasteiger partial charge in [-0.05, 0) is 38.7 Å². The maximum Gasteiger partial charge on any atom is 0.0719 e. The Morgan fingerprint density at radius 2 is 2.05 bits per heavy atom. The van der Waals surface area contributed by atoms with Crippen LogP contribution in [0.1, 0.15) is 61.3 Å². The molecule has 1 heterocycles. The van der Waals surface area contributed by atoms with Crippen LogP contribution in [0.2, 0.25) is 0 Å². The van der Waals surface area contributed by atoms with Gasteiger partial charge in [0, 0.05) is 29.8 Å². The van der Waals surface area contributed by atoms with Gasteiger partial charge >= 0.3 is 0 Å². The lowest BCUT2D eigenvalue weighted by molar-refractivity contribution is 0.479. The molecule has 1 aliphatic rings. The predicted octanol–water partition coefficient (Wildman–Crippen LogP) is 3.39. The number of nitrogens with two attached hydrogens (primary N) is 1. The van der Waals surface area contributed by atoms with E-state index in [1.165, 1.54) is 28.9 Å². The van der Waals surface area contributed by atoms with E-state index in [1.54, 1.807) is 0 Å². The van der Waals surface area contributed by atoms with E-state index in [4.69, 9.17) is 10.8 Å². The zero-order valence-corrected chi connectivity index (χ0v) is 12.3. The minimum atomic E-state index is 0.157. The van der Waals surface area contributed by atoms with Crippen molar-refractivity contribution in [2.45, 2.75) is 51.6 Å². The van der Waals surface area contributed by atoms with Crippen molar-refractivity contribution in [3.63, 3.8) is 0 Å². The van der Waals surface area contributed by atoms with E-state index in [9.17, 15) is 0 Å². The number of benzene rings is 1. The molecule has 1 unspecified atom stereocenters. The van der Waals surface area contributed by atoms with Gasteiger partial charge in [0.1, 0.15) is 0 Å². The monoisotopic (exact) mass is 269 g/mol. The SMILES string of the molecule is CC(C)n1nc(Cc2ccccc2)c2c1CCCC2N. The molecule has 20 heavy (non-hydrogen) atoms. The summed E-state index contributed by atoms with van der Waals surface area (Å²) in [5, 5.41) is 4.87. The molecule has 0 saturated carbocycles. The number of nitrogens with zero attached hydrogens (tertiary/aromatic N) is 2. The van der Waals surface area contributed by atoms with Gasteiger partial charge in [0.15, 0.2) is 0 Å². The van der Waals surface area contributed by atoms with Crippen molar-refractivity contribution in [3.8, 4) is 0 Å². The molecule has 0 radical (unpaired) electrons. The number of hydrogen-bond donors (Lipinski definition) is 1. The summed E-state index contributed by atoms with van der Waals surface area (Å²) in [6, 6.07) is 11.1. The average Bonchev–Trinajstić information content (AvgIpc) is 2.80. The van der Waals surface area contributed by atoms with Crippen LogP contribution in [0.3, 0.4) is 0 Å². The number of rotatable bonds is 3. The van der Waals surface area contributed by atoms with Crippen molar-refractivity contribution < 1.29 is 0 Å². The van der Waals surface area contributed by atoms with Crippen LogP contribution in [-0.2, 0) is 12.8 Å². The Morgan fingerprint density at radius 3 is 2.75 bits per heavy atom. The van der Waals surface area contributed by atoms with E-state index in [0.717, 1.165) is 19.3 Å². The van der Waals surface area contributed by atoms with Gasteiger partial charge in [0.25, 0.3) is 0 Å². The molecule has 1 aromatic heterocycles. The summed E-state index contributed by atoms with van der Waals surface area (Å²) in [7, 11) is 0. The predicted molar refractivity (Wildman–Crippen MR) is 81.7 cm³/mol. The third-order valence-corrected chi connectivity index (χ3v) is 4.13. The fraction of sp³-hybridized carbons (Fsp3) is 0.471. The molecule has 0 bridgehead atoms. The summed E-state index contributed by atoms with van der Waals surface area (Å²) in [6.07, 6.45) is 4.26. The van der Waals surface area contributed by atoms with Crippen molar-refractivity contribution in [3.05, 3.63) is 52.8 Å². The van der Waals surface area contributed by atoms with Gasteiger partial charge < -0.3 is 5.73 Å². The molecule has 0 saturated heterocycles. The van der Waals surface area contributed by atoms with Gasteiger partial charge in [-0.2, -0.15) is 5.10 Å². The van der Waals surface area contributed by atoms with Crippen molar-refractivity contribution in [1.29, 1.82) is 0 Å². The summed E-state index contributed by atoms with van der Waals surface area (Å²) in [5.41, 5.74) is 11.5. The largest absolute Gasteiger partial charge is 0.324 e. The lowest BCUT2D eigenvalue weighted by Gasteiger charge is -2.21. The zero-order valence-electron chi connectivity index (χ0n) is 12.3. The summed E-state index contributed by atoms with van der Waals surface area (Å²) in [5.74, 6) is 0. The third kappa shape index (κ3) is 2.38. The molecule has 3 heteroatoms. The molecule has 3 rings (SSSR count). The topological polar surface area (TPSA) is 43.8 Å². The quantitative estimate of drug-likeness (QED) is 0.928. The highest BCUT2D eigenvalue weighted by molar-refractivity contribution is 5.35. The van der Waals surface area contributed by atoms with Crippen LogP contribution >= 0.6 is 0 Å². The zero-order chi connectivity index (χ0) is 14.1. The molecule has 106 valence electrons. The molecule has 0 fully saturated rings. The molecule has 2 N–H and O–H groups in total. The van der Waals surface area contributed by atoms with Crippen molar-refractivity contribution in [2.75, 3.05) is 0 Å². The molecule has 0 aliphatic heterocycles. The van der Waals surface area contributed by atoms with E-state index in [2.05, 4.69) is 48.9 Å². The van der Waals surface area contributed by atoms with Crippen LogP contribution in [-0.4, -0.2) is 9.78 Å². The first-order valence-corrected chi connectivity index (χ1v) is 7.56. The molecule has 3 nitrogen and oxygen atoms in total. The van der Waals surface area contributed by atoms with E-state index in [0.29, 0.717) is 6.04 Å². The highest BCUT2D eigenvalue weighted by Crippen LogP contribution is 2.33. The Labute approximate surface area is 120 Å². The van der Waals surface area contributed by atoms with Gasteiger partial charge in [-0.1, -0.05) is 30.3 Å². The fourth-order valence-electron chi connectivity index (χ4n) is 3.19. The number of hydrogen-bond acceptors (Lipinski definition) is 2. The summed E-state index contributed by atoms with van der Waals surface area (Å²) in [4.78, 5) is 0. The molecule has 0 amide bonds. The summed E-state index contributed by atoms with van der Waals surface area (Å²) >= 11 is 0. The molecule has 1 aromatic carbocycles. The average molecular weight is 269 g/mol. The van der Waals surface area contributed by atoms with E-state index >= 15 is 0 Å². The van der Waals surface area contributed by atoms with Crippen LogP contribution in [0, 0.1) is 0 Å². The van der Waals surface area contributed by atoms with E-state index in [-0.39, 0.29) is 6.04 Å². The van der Waals surface area contributed by atoms with Crippen molar-refractivity contribution in [2.24, 2.45) is 5.73 Å². The van der Waals surface area contributed by atoms with Crippen LogP contribution < -0.4 is 5.73 Å². The summed E-state index contributed by atoms with van der Waals surface area (Å²) in [6.45, 7) is 4.39. The molecule has 2 aromatic rings. The smallest absolute Gasteiger partial charge is 0.0719 e. The van der Waals surface area contributed by atoms with Gasteiger partial charge in [-0.3, -0.25) is 4.68 Å². The van der Waals surface area contributed by atoms with Crippen molar-refractivity contribution >= 4 is 0 Å². The normalized spacial score (nSPS) is 18.3. The van der Waals surface area contributed by atoms with E-state index < -0.39 is 0 Å². The molecule has 0 spiro atoms. The standard InChI is InChI=1S/C17H23N3/c1-12(2)20-16-10-6-9-14(18)17(16)15(19-20)11-13-7-4-3-5-8-13/h3-5,7-8,12,14H,6,9-11,18H2,1-2H3. The van der Waals surface area contributed by atoms with Crippen LogP contribution in [0.25, 0.3) is 0 Å². The lowest BCUT2D eigenvalue weighted by atomic mass is 9.90. The second-order valence-electron chi connectivity index (χ2n) is 6.01. The second-order valence-corrected chi connectivity index (χ2v) is 6.01. The molecule has 1 atom stereocenters. The first-order valence-electron chi connectivity index (χ1n) is 7.56. The van der Waals surface area contributed by atoms with Gasteiger partial charge in [-0.15, -0.1) is 0 Å². The minimum absolute atomic E-state index is 0.157. The minimum Gasteiger partial charge on any atom is -0.324 e. The molecular weight excluding hydrogens is 246 g/mol. The number of aromatic nitrogens is 2. The Hall–Kier alpha value is -1.61. The molecule has 1 aliphatic carbocycles. The first-order chi connectivity index (χ1) is 9.66. The second kappa shape index (κ2) is 5.41. The fourth-order valence-corrected chi connectivity index (χ4v) is 3.19. The highest BCUT2D eigenvalue weighted by atomic mass is 15.3. The van der Waals surface area contributed by atoms with Gasteiger partial charge in [0.2, 0.25) is 0 Å². The Bertz CT molecular complexity index is 584. The van der Waals surface area contributed by atoms with Crippen LogP contribution in [0.4, 0.5) is 0 Å². The lowest BCUT2D eigenvalue weighted by Crippen LogP contribution is -2.19. The Kier molecular flexibility index (Phi) is 3.62. The maximum absolute atomic E-state index is 6.36. The first kappa shape index (κ1) is 13.4. The van der Waals surface area contributed by atoms with Gasteiger partial charge in [-0.25, -0.2) is 0 Å².